The number of aromatic nitrogens is 1. The van der Waals surface area contributed by atoms with Crippen molar-refractivity contribution in [3.8, 4) is 0 Å². The maximum atomic E-state index is 12.8. The van der Waals surface area contributed by atoms with Crippen LogP contribution in [0, 0.1) is 0 Å². The van der Waals surface area contributed by atoms with E-state index in [0.717, 1.165) is 32.0 Å². The third-order valence-corrected chi connectivity index (χ3v) is 3.22. The van der Waals surface area contributed by atoms with Crippen LogP contribution in [0.4, 0.5) is 19.0 Å². The molecule has 0 unspecified atom stereocenters. The number of nitrogens with zero attached hydrogens (tertiary/aromatic N) is 2. The van der Waals surface area contributed by atoms with Crippen LogP contribution in [0.25, 0.3) is 0 Å². The van der Waals surface area contributed by atoms with E-state index < -0.39 is 11.9 Å². The van der Waals surface area contributed by atoms with Crippen molar-refractivity contribution in [3.05, 3.63) is 23.4 Å². The van der Waals surface area contributed by atoms with Crippen molar-refractivity contribution in [2.75, 3.05) is 18.0 Å². The average Bonchev–Trinajstić information content (AvgIpc) is 2.80. The minimum atomic E-state index is -4.38. The number of anilines is 1. The van der Waals surface area contributed by atoms with Crippen molar-refractivity contribution in [3.63, 3.8) is 0 Å². The average molecular weight is 258 g/mol. The number of halogens is 3. The molecule has 2 nitrogen and oxygen atoms in total. The molecule has 1 fully saturated rings. The van der Waals surface area contributed by atoms with E-state index in [1.807, 2.05) is 18.7 Å². The Bertz CT molecular complexity index is 421. The van der Waals surface area contributed by atoms with Gasteiger partial charge in [-0.3, -0.25) is 0 Å². The van der Waals surface area contributed by atoms with Gasteiger partial charge in [0.25, 0.3) is 0 Å². The first-order valence-corrected chi connectivity index (χ1v) is 6.22. The summed E-state index contributed by atoms with van der Waals surface area (Å²) in [5.74, 6) is 0.529. The Morgan fingerprint density at radius 1 is 1.17 bits per heavy atom. The molecular formula is C13H17F3N2. The summed E-state index contributed by atoms with van der Waals surface area (Å²) in [7, 11) is 0. The predicted octanol–water partition coefficient (Wildman–Crippen LogP) is 3.82. The summed E-state index contributed by atoms with van der Waals surface area (Å²) in [6.07, 6.45) is -2.33. The van der Waals surface area contributed by atoms with Crippen molar-refractivity contribution >= 4 is 5.82 Å². The van der Waals surface area contributed by atoms with E-state index >= 15 is 0 Å². The number of hydrogen-bond donors (Lipinski definition) is 0. The lowest BCUT2D eigenvalue weighted by atomic mass is 10.0. The van der Waals surface area contributed by atoms with Crippen molar-refractivity contribution in [2.45, 2.75) is 38.8 Å². The van der Waals surface area contributed by atoms with Crippen LogP contribution in [0.2, 0.25) is 0 Å². The molecule has 18 heavy (non-hydrogen) atoms. The summed E-state index contributed by atoms with van der Waals surface area (Å²) in [6, 6.07) is 2.94. The summed E-state index contributed by atoms with van der Waals surface area (Å²) in [5, 5.41) is 0. The molecule has 1 saturated heterocycles. The molecule has 0 bridgehead atoms. The topological polar surface area (TPSA) is 16.1 Å². The highest BCUT2D eigenvalue weighted by Crippen LogP contribution is 2.32. The second-order valence-electron chi connectivity index (χ2n) is 4.99. The molecule has 2 rings (SSSR count). The Kier molecular flexibility index (Phi) is 3.50. The van der Waals surface area contributed by atoms with Crippen molar-refractivity contribution in [1.82, 2.24) is 4.98 Å². The van der Waals surface area contributed by atoms with Crippen molar-refractivity contribution < 1.29 is 13.2 Å². The normalized spacial score (nSPS) is 16.7. The summed E-state index contributed by atoms with van der Waals surface area (Å²) in [6.45, 7) is 5.38. The smallest absolute Gasteiger partial charge is 0.357 e. The quantitative estimate of drug-likeness (QED) is 0.801. The molecule has 1 aromatic rings. The van der Waals surface area contributed by atoms with E-state index in [1.54, 1.807) is 6.07 Å². The zero-order chi connectivity index (χ0) is 13.3. The summed E-state index contributed by atoms with van der Waals surface area (Å²) in [5.41, 5.74) is -0.0881. The van der Waals surface area contributed by atoms with Crippen LogP contribution in [0.1, 0.15) is 43.9 Å². The first kappa shape index (κ1) is 13.2. The molecular weight excluding hydrogens is 241 g/mol. The third-order valence-electron chi connectivity index (χ3n) is 3.22. The first-order valence-electron chi connectivity index (χ1n) is 6.22. The van der Waals surface area contributed by atoms with Crippen LogP contribution < -0.4 is 4.90 Å². The molecule has 0 aromatic carbocycles. The second kappa shape index (κ2) is 4.78. The van der Waals surface area contributed by atoms with Gasteiger partial charge in [-0.1, -0.05) is 13.8 Å². The van der Waals surface area contributed by atoms with E-state index in [2.05, 4.69) is 4.98 Å². The van der Waals surface area contributed by atoms with E-state index in [1.165, 1.54) is 0 Å². The van der Waals surface area contributed by atoms with Gasteiger partial charge in [-0.25, -0.2) is 4.98 Å². The van der Waals surface area contributed by atoms with Crippen LogP contribution in [0.3, 0.4) is 0 Å². The summed E-state index contributed by atoms with van der Waals surface area (Å²) < 4.78 is 38.5. The molecule has 2 heterocycles. The van der Waals surface area contributed by atoms with Crippen LogP contribution in [0.15, 0.2) is 12.1 Å². The maximum absolute atomic E-state index is 12.8. The molecule has 0 atom stereocenters. The second-order valence-corrected chi connectivity index (χ2v) is 4.99. The van der Waals surface area contributed by atoms with Crippen LogP contribution in [-0.2, 0) is 6.18 Å². The summed E-state index contributed by atoms with van der Waals surface area (Å²) in [4.78, 5) is 5.70. The van der Waals surface area contributed by atoms with Crippen molar-refractivity contribution in [2.24, 2.45) is 0 Å². The monoisotopic (exact) mass is 258 g/mol. The fourth-order valence-electron chi connectivity index (χ4n) is 2.12. The van der Waals surface area contributed by atoms with E-state index in [0.29, 0.717) is 11.4 Å². The fraction of sp³-hybridized carbons (Fsp3) is 0.615. The maximum Gasteiger partial charge on any atom is 0.433 e. The number of alkyl halides is 3. The minimum Gasteiger partial charge on any atom is -0.357 e. The molecule has 100 valence electrons. The number of pyridine rings is 1. The van der Waals surface area contributed by atoms with Crippen LogP contribution in [-0.4, -0.2) is 18.1 Å². The zero-order valence-corrected chi connectivity index (χ0v) is 10.6. The highest BCUT2D eigenvalue weighted by atomic mass is 19.4. The molecule has 0 radical (unpaired) electrons. The Balaban J connectivity index is 2.42. The molecule has 0 amide bonds. The van der Waals surface area contributed by atoms with Gasteiger partial charge in [0.05, 0.1) is 0 Å². The Hall–Kier alpha value is -1.26. The fourth-order valence-corrected chi connectivity index (χ4v) is 2.12. The first-order chi connectivity index (χ1) is 8.38. The molecule has 1 aromatic heterocycles. The molecule has 1 aliphatic rings. The zero-order valence-electron chi connectivity index (χ0n) is 10.6. The van der Waals surface area contributed by atoms with Gasteiger partial charge in [-0.05, 0) is 36.5 Å². The van der Waals surface area contributed by atoms with Gasteiger partial charge in [-0.15, -0.1) is 0 Å². The molecule has 0 spiro atoms. The molecule has 0 aliphatic carbocycles. The Morgan fingerprint density at radius 2 is 1.78 bits per heavy atom. The number of hydrogen-bond acceptors (Lipinski definition) is 2. The molecule has 0 N–H and O–H groups in total. The van der Waals surface area contributed by atoms with E-state index in [9.17, 15) is 13.2 Å². The lowest BCUT2D eigenvalue weighted by molar-refractivity contribution is -0.141. The van der Waals surface area contributed by atoms with Gasteiger partial charge >= 0.3 is 6.18 Å². The predicted molar refractivity (Wildman–Crippen MR) is 64.8 cm³/mol. The van der Waals surface area contributed by atoms with Gasteiger partial charge in [0.15, 0.2) is 0 Å². The van der Waals surface area contributed by atoms with E-state index in [4.69, 9.17) is 0 Å². The van der Waals surface area contributed by atoms with Gasteiger partial charge in [0, 0.05) is 13.1 Å². The number of rotatable bonds is 2. The Morgan fingerprint density at radius 3 is 2.28 bits per heavy atom. The molecule has 5 heteroatoms. The van der Waals surface area contributed by atoms with Crippen LogP contribution in [0.5, 0.6) is 0 Å². The minimum absolute atomic E-state index is 0.0652. The molecule has 1 aliphatic heterocycles. The van der Waals surface area contributed by atoms with Gasteiger partial charge < -0.3 is 4.90 Å². The lowest BCUT2D eigenvalue weighted by Crippen LogP contribution is -2.21. The Labute approximate surface area is 105 Å². The summed E-state index contributed by atoms with van der Waals surface area (Å²) >= 11 is 0. The van der Waals surface area contributed by atoms with Gasteiger partial charge in [0.2, 0.25) is 0 Å². The SMILES string of the molecule is CC(C)c1cc(N2CCCC2)nc(C(F)(F)F)c1. The largest absolute Gasteiger partial charge is 0.433 e. The highest BCUT2D eigenvalue weighted by Gasteiger charge is 2.34. The molecule has 0 saturated carbocycles. The van der Waals surface area contributed by atoms with Crippen LogP contribution >= 0.6 is 0 Å². The third kappa shape index (κ3) is 2.76. The van der Waals surface area contributed by atoms with Crippen molar-refractivity contribution in [1.29, 1.82) is 0 Å². The van der Waals surface area contributed by atoms with Gasteiger partial charge in [-0.2, -0.15) is 13.2 Å². The standard InChI is InChI=1S/C13H17F3N2/c1-9(2)10-7-11(13(14,15)16)17-12(8-10)18-5-3-4-6-18/h7-9H,3-6H2,1-2H3. The highest BCUT2D eigenvalue weighted by molar-refractivity contribution is 5.44. The lowest BCUT2D eigenvalue weighted by Gasteiger charge is -2.20. The van der Waals surface area contributed by atoms with E-state index in [-0.39, 0.29) is 5.92 Å². The van der Waals surface area contributed by atoms with Gasteiger partial charge in [0.1, 0.15) is 11.5 Å².